The minimum absolute atomic E-state index is 0.100. The van der Waals surface area contributed by atoms with Crippen LogP contribution in [-0.2, 0) is 28.8 Å². The summed E-state index contributed by atoms with van der Waals surface area (Å²) in [5.41, 5.74) is 1.32. The fourth-order valence-corrected chi connectivity index (χ4v) is 3.10. The topological polar surface area (TPSA) is 39.4 Å². The number of carbonyl (C=O) groups is 1. The van der Waals surface area contributed by atoms with Gasteiger partial charge in [-0.15, -0.1) is 6.58 Å². The maximum absolute atomic E-state index is 11.0. The van der Waals surface area contributed by atoms with Crippen LogP contribution in [0, 0.1) is 0 Å². The molecule has 0 unspecified atom stereocenters. The molecule has 0 aromatic carbocycles. The van der Waals surface area contributed by atoms with Gasteiger partial charge in [-0.25, -0.2) is 0 Å². The quantitative estimate of drug-likeness (QED) is 0.216. The van der Waals surface area contributed by atoms with Gasteiger partial charge in [0.05, 0.1) is 7.11 Å². The number of rotatable bonds is 15. The summed E-state index contributed by atoms with van der Waals surface area (Å²) in [7, 11) is 1.45. The highest BCUT2D eigenvalue weighted by atomic mass is 16.5. The first kappa shape index (κ1) is 21.5. The smallest absolute Gasteiger partial charge is 0.305 e. The maximum atomic E-state index is 11.0. The number of furan rings is 1. The van der Waals surface area contributed by atoms with Gasteiger partial charge < -0.3 is 9.15 Å². The summed E-state index contributed by atoms with van der Waals surface area (Å²) in [4.78, 5) is 11.0. The normalized spacial score (nSPS) is 10.8. The first-order chi connectivity index (χ1) is 12.2. The average Bonchev–Trinajstić information content (AvgIpc) is 2.99. The van der Waals surface area contributed by atoms with Crippen LogP contribution in [-0.4, -0.2) is 13.1 Å². The van der Waals surface area contributed by atoms with E-state index in [1.807, 2.05) is 6.08 Å². The molecule has 0 aliphatic rings. The SMILES string of the molecule is C=CCc1cc(CCCCCCCC(=O)OC)oc1CCCCCC. The second-order valence-electron chi connectivity index (χ2n) is 6.81. The second kappa shape index (κ2) is 13.7. The lowest BCUT2D eigenvalue weighted by molar-refractivity contribution is -0.140. The van der Waals surface area contributed by atoms with Gasteiger partial charge in [-0.1, -0.05) is 51.5 Å². The molecule has 0 spiro atoms. The summed E-state index contributed by atoms with van der Waals surface area (Å²) in [6.45, 7) is 6.10. The lowest BCUT2D eigenvalue weighted by atomic mass is 10.1. The molecule has 3 heteroatoms. The fourth-order valence-electron chi connectivity index (χ4n) is 3.10. The van der Waals surface area contributed by atoms with Gasteiger partial charge in [-0.2, -0.15) is 0 Å². The van der Waals surface area contributed by atoms with Crippen LogP contribution in [0.1, 0.15) is 88.2 Å². The Labute approximate surface area is 153 Å². The molecule has 1 aromatic heterocycles. The molecule has 1 aromatic rings. The minimum atomic E-state index is -0.100. The van der Waals surface area contributed by atoms with Crippen LogP contribution in [0.15, 0.2) is 23.1 Å². The van der Waals surface area contributed by atoms with Crippen molar-refractivity contribution in [3.63, 3.8) is 0 Å². The van der Waals surface area contributed by atoms with E-state index in [9.17, 15) is 4.79 Å². The lowest BCUT2D eigenvalue weighted by Gasteiger charge is -2.01. The number of hydrogen-bond donors (Lipinski definition) is 0. The highest BCUT2D eigenvalue weighted by Crippen LogP contribution is 2.21. The third-order valence-corrected chi connectivity index (χ3v) is 4.60. The molecule has 0 bridgehead atoms. The number of esters is 1. The Kier molecular flexibility index (Phi) is 11.8. The molecule has 0 saturated heterocycles. The first-order valence-corrected chi connectivity index (χ1v) is 9.99. The third kappa shape index (κ3) is 9.52. The van der Waals surface area contributed by atoms with E-state index in [2.05, 4.69) is 24.3 Å². The van der Waals surface area contributed by atoms with Crippen molar-refractivity contribution in [1.29, 1.82) is 0 Å². The van der Waals surface area contributed by atoms with E-state index >= 15 is 0 Å². The standard InChI is InChI=1S/C22H36O3/c1-4-6-7-12-16-21-19(14-5-2)18-20(25-21)15-11-9-8-10-13-17-22(23)24-3/h5,18H,2,4,6-17H2,1,3H3. The van der Waals surface area contributed by atoms with E-state index in [0.717, 1.165) is 44.3 Å². The number of unbranched alkanes of at least 4 members (excludes halogenated alkanes) is 7. The molecule has 1 heterocycles. The Balaban J connectivity index is 2.28. The predicted octanol–water partition coefficient (Wildman–Crippen LogP) is 6.19. The minimum Gasteiger partial charge on any atom is -0.469 e. The first-order valence-electron chi connectivity index (χ1n) is 9.99. The van der Waals surface area contributed by atoms with Gasteiger partial charge in [0.25, 0.3) is 0 Å². The van der Waals surface area contributed by atoms with Crippen molar-refractivity contribution in [2.24, 2.45) is 0 Å². The van der Waals surface area contributed by atoms with E-state index in [0.29, 0.717) is 6.42 Å². The largest absolute Gasteiger partial charge is 0.469 e. The molecule has 0 aliphatic carbocycles. The molecule has 0 N–H and O–H groups in total. The van der Waals surface area contributed by atoms with E-state index in [1.165, 1.54) is 57.0 Å². The molecular weight excluding hydrogens is 312 g/mol. The van der Waals surface area contributed by atoms with E-state index in [1.54, 1.807) is 0 Å². The van der Waals surface area contributed by atoms with Crippen LogP contribution in [0.25, 0.3) is 0 Å². The van der Waals surface area contributed by atoms with Crippen molar-refractivity contribution in [1.82, 2.24) is 0 Å². The van der Waals surface area contributed by atoms with Crippen molar-refractivity contribution >= 4 is 5.97 Å². The summed E-state index contributed by atoms with van der Waals surface area (Å²) in [5.74, 6) is 2.19. The average molecular weight is 349 g/mol. The van der Waals surface area contributed by atoms with E-state index in [-0.39, 0.29) is 5.97 Å². The van der Waals surface area contributed by atoms with Crippen LogP contribution < -0.4 is 0 Å². The molecule has 0 radical (unpaired) electrons. The molecule has 0 amide bonds. The Morgan fingerprint density at radius 3 is 2.48 bits per heavy atom. The number of methoxy groups -OCH3 is 1. The second-order valence-corrected chi connectivity index (χ2v) is 6.81. The number of aryl methyl sites for hydroxylation is 2. The summed E-state index contributed by atoms with van der Waals surface area (Å²) < 4.78 is 10.8. The zero-order valence-corrected chi connectivity index (χ0v) is 16.3. The van der Waals surface area contributed by atoms with Crippen molar-refractivity contribution in [2.75, 3.05) is 7.11 Å². The molecule has 0 saturated carbocycles. The number of allylic oxidation sites excluding steroid dienone is 1. The molecule has 0 aliphatic heterocycles. The molecular formula is C22H36O3. The highest BCUT2D eigenvalue weighted by molar-refractivity contribution is 5.68. The lowest BCUT2D eigenvalue weighted by Crippen LogP contribution is -1.99. The number of ether oxygens (including phenoxy) is 1. The van der Waals surface area contributed by atoms with Gasteiger partial charge in [0.15, 0.2) is 0 Å². The van der Waals surface area contributed by atoms with Crippen LogP contribution >= 0.6 is 0 Å². The van der Waals surface area contributed by atoms with Crippen molar-refractivity contribution < 1.29 is 13.9 Å². The summed E-state index contributed by atoms with van der Waals surface area (Å²) in [5, 5.41) is 0. The zero-order chi connectivity index (χ0) is 18.3. The van der Waals surface area contributed by atoms with Gasteiger partial charge in [-0.05, 0) is 37.3 Å². The van der Waals surface area contributed by atoms with Crippen LogP contribution in [0.4, 0.5) is 0 Å². The molecule has 0 fully saturated rings. The Bertz CT molecular complexity index is 487. The highest BCUT2D eigenvalue weighted by Gasteiger charge is 2.10. The monoisotopic (exact) mass is 348 g/mol. The molecule has 3 nitrogen and oxygen atoms in total. The van der Waals surface area contributed by atoms with Crippen LogP contribution in [0.2, 0.25) is 0 Å². The molecule has 0 atom stereocenters. The molecule has 25 heavy (non-hydrogen) atoms. The number of carbonyl (C=O) groups excluding carboxylic acids is 1. The number of hydrogen-bond acceptors (Lipinski definition) is 3. The van der Waals surface area contributed by atoms with Gasteiger partial charge >= 0.3 is 5.97 Å². The van der Waals surface area contributed by atoms with Gasteiger partial charge in [-0.3, -0.25) is 4.79 Å². The summed E-state index contributed by atoms with van der Waals surface area (Å²) in [6, 6.07) is 2.23. The van der Waals surface area contributed by atoms with Crippen LogP contribution in [0.5, 0.6) is 0 Å². The van der Waals surface area contributed by atoms with E-state index < -0.39 is 0 Å². The summed E-state index contributed by atoms with van der Waals surface area (Å²) >= 11 is 0. The third-order valence-electron chi connectivity index (χ3n) is 4.60. The Hall–Kier alpha value is -1.51. The fraction of sp³-hybridized carbons (Fsp3) is 0.682. The predicted molar refractivity (Wildman–Crippen MR) is 104 cm³/mol. The van der Waals surface area contributed by atoms with Crippen molar-refractivity contribution in [2.45, 2.75) is 90.4 Å². The van der Waals surface area contributed by atoms with Crippen LogP contribution in [0.3, 0.4) is 0 Å². The Morgan fingerprint density at radius 1 is 1.08 bits per heavy atom. The summed E-state index contributed by atoms with van der Waals surface area (Å²) in [6.07, 6.45) is 16.1. The van der Waals surface area contributed by atoms with E-state index in [4.69, 9.17) is 4.42 Å². The molecule has 142 valence electrons. The molecule has 1 rings (SSSR count). The zero-order valence-electron chi connectivity index (χ0n) is 16.3. The Morgan fingerprint density at radius 2 is 1.76 bits per heavy atom. The van der Waals surface area contributed by atoms with Crippen molar-refractivity contribution in [3.05, 3.63) is 35.8 Å². The van der Waals surface area contributed by atoms with Gasteiger partial charge in [0, 0.05) is 19.3 Å². The van der Waals surface area contributed by atoms with Crippen molar-refractivity contribution in [3.8, 4) is 0 Å². The van der Waals surface area contributed by atoms with Gasteiger partial charge in [0.1, 0.15) is 11.5 Å². The van der Waals surface area contributed by atoms with Gasteiger partial charge in [0.2, 0.25) is 0 Å². The maximum Gasteiger partial charge on any atom is 0.305 e.